The Bertz CT molecular complexity index is 742. The highest BCUT2D eigenvalue weighted by Crippen LogP contribution is 2.47. The van der Waals surface area contributed by atoms with Crippen LogP contribution in [0.3, 0.4) is 0 Å². The van der Waals surface area contributed by atoms with Crippen LogP contribution >= 0.6 is 11.8 Å². The number of para-hydroxylation sites is 2. The van der Waals surface area contributed by atoms with Crippen LogP contribution in [0.4, 0.5) is 11.4 Å². The largest absolute Gasteiger partial charge is 0.481 e. The van der Waals surface area contributed by atoms with E-state index in [0.717, 1.165) is 39.0 Å². The number of fused-ring (bicyclic) bond motifs is 2. The summed E-state index contributed by atoms with van der Waals surface area (Å²) in [4.78, 5) is 18.4. The van der Waals surface area contributed by atoms with Crippen LogP contribution in [0.15, 0.2) is 58.3 Å². The molecular weight excluding hydrogens is 344 g/mol. The lowest BCUT2D eigenvalue weighted by molar-refractivity contribution is -0.138. The molecule has 0 radical (unpaired) electrons. The first-order valence-electron chi connectivity index (χ1n) is 9.28. The van der Waals surface area contributed by atoms with Crippen molar-refractivity contribution in [2.24, 2.45) is 5.92 Å². The molecule has 1 N–H and O–H groups in total. The second kappa shape index (κ2) is 7.72. The van der Waals surface area contributed by atoms with Gasteiger partial charge in [0.05, 0.1) is 11.4 Å². The van der Waals surface area contributed by atoms with Crippen LogP contribution in [0.25, 0.3) is 0 Å². The Hall–Kier alpha value is -1.98. The molecule has 0 atom stereocenters. The Kier molecular flexibility index (Phi) is 5.18. The van der Waals surface area contributed by atoms with Gasteiger partial charge in [-0.1, -0.05) is 36.0 Å². The van der Waals surface area contributed by atoms with Gasteiger partial charge in [0.15, 0.2) is 0 Å². The van der Waals surface area contributed by atoms with E-state index in [9.17, 15) is 4.79 Å². The number of likely N-dealkylation sites (tertiary alicyclic amines) is 1. The lowest BCUT2D eigenvalue weighted by Gasteiger charge is -2.36. The number of nitrogens with zero attached hydrogens (tertiary/aromatic N) is 2. The Morgan fingerprint density at radius 2 is 1.54 bits per heavy atom. The second-order valence-corrected chi connectivity index (χ2v) is 8.16. The van der Waals surface area contributed by atoms with Crippen molar-refractivity contribution in [3.05, 3.63) is 48.5 Å². The van der Waals surface area contributed by atoms with E-state index in [4.69, 9.17) is 5.11 Å². The summed E-state index contributed by atoms with van der Waals surface area (Å²) in [5.74, 6) is -0.320. The van der Waals surface area contributed by atoms with Gasteiger partial charge in [-0.05, 0) is 56.1 Å². The quantitative estimate of drug-likeness (QED) is 0.843. The predicted octanol–water partition coefficient (Wildman–Crippen LogP) is 4.48. The number of anilines is 2. The van der Waals surface area contributed by atoms with Gasteiger partial charge in [0.2, 0.25) is 0 Å². The fraction of sp³-hybridized carbons (Fsp3) is 0.381. The van der Waals surface area contributed by atoms with Crippen LogP contribution in [0, 0.1) is 5.92 Å². The Morgan fingerprint density at radius 1 is 0.962 bits per heavy atom. The molecule has 136 valence electrons. The minimum Gasteiger partial charge on any atom is -0.481 e. The van der Waals surface area contributed by atoms with E-state index in [1.165, 1.54) is 21.2 Å². The summed E-state index contributed by atoms with van der Waals surface area (Å²) in [5.41, 5.74) is 2.58. The number of piperidine rings is 1. The van der Waals surface area contributed by atoms with Crippen molar-refractivity contribution in [2.75, 3.05) is 31.1 Å². The first-order chi connectivity index (χ1) is 12.7. The van der Waals surface area contributed by atoms with Gasteiger partial charge < -0.3 is 14.9 Å². The van der Waals surface area contributed by atoms with Gasteiger partial charge >= 0.3 is 5.97 Å². The molecule has 2 aromatic carbocycles. The molecule has 1 saturated heterocycles. The number of carboxylic acid groups (broad SMARTS) is 1. The third kappa shape index (κ3) is 3.74. The van der Waals surface area contributed by atoms with E-state index in [2.05, 4.69) is 58.3 Å². The summed E-state index contributed by atoms with van der Waals surface area (Å²) in [6.07, 6.45) is 2.31. The van der Waals surface area contributed by atoms with Gasteiger partial charge in [-0.25, -0.2) is 0 Å². The fourth-order valence-electron chi connectivity index (χ4n) is 3.92. The van der Waals surface area contributed by atoms with E-state index in [1.807, 2.05) is 11.8 Å². The third-order valence-electron chi connectivity index (χ3n) is 5.34. The molecule has 0 saturated carbocycles. The molecule has 4 rings (SSSR count). The standard InChI is InChI=1S/C21H24N2O2S/c24-21(25)15-16-9-11-22(12-10-16)13-14-23-17-5-1-3-7-19(17)26-20-8-4-2-6-18(20)23/h1-8,16H,9-15H2,(H,24,25). The second-order valence-electron chi connectivity index (χ2n) is 7.07. The summed E-state index contributed by atoms with van der Waals surface area (Å²) in [6, 6.07) is 17.2. The highest BCUT2D eigenvalue weighted by Gasteiger charge is 2.25. The normalized spacial score (nSPS) is 17.6. The summed E-state index contributed by atoms with van der Waals surface area (Å²) in [7, 11) is 0. The van der Waals surface area contributed by atoms with Crippen LogP contribution in [0.2, 0.25) is 0 Å². The lowest BCUT2D eigenvalue weighted by atomic mass is 9.94. The van der Waals surface area contributed by atoms with E-state index < -0.39 is 5.97 Å². The highest BCUT2D eigenvalue weighted by atomic mass is 32.2. The number of carboxylic acids is 1. The van der Waals surface area contributed by atoms with Crippen molar-refractivity contribution in [3.63, 3.8) is 0 Å². The van der Waals surface area contributed by atoms with Gasteiger partial charge in [0, 0.05) is 29.3 Å². The molecule has 0 aliphatic carbocycles. The number of rotatable bonds is 5. The average molecular weight is 369 g/mol. The summed E-state index contributed by atoms with van der Waals surface area (Å²) < 4.78 is 0. The Morgan fingerprint density at radius 3 is 2.12 bits per heavy atom. The number of benzene rings is 2. The Balaban J connectivity index is 1.43. The molecule has 1 fully saturated rings. The highest BCUT2D eigenvalue weighted by molar-refractivity contribution is 7.99. The number of aliphatic carboxylic acids is 1. The molecule has 2 heterocycles. The van der Waals surface area contributed by atoms with Crippen LogP contribution in [0.1, 0.15) is 19.3 Å². The summed E-state index contributed by atoms with van der Waals surface area (Å²) in [6.45, 7) is 3.97. The van der Waals surface area contributed by atoms with E-state index in [1.54, 1.807) is 0 Å². The first-order valence-corrected chi connectivity index (χ1v) is 10.1. The zero-order valence-corrected chi connectivity index (χ0v) is 15.6. The van der Waals surface area contributed by atoms with Crippen LogP contribution in [-0.2, 0) is 4.79 Å². The lowest BCUT2D eigenvalue weighted by Crippen LogP contribution is -2.39. The van der Waals surface area contributed by atoms with Crippen molar-refractivity contribution in [1.29, 1.82) is 0 Å². The molecule has 0 aromatic heterocycles. The molecule has 0 bridgehead atoms. The van der Waals surface area contributed by atoms with Crippen molar-refractivity contribution >= 4 is 29.1 Å². The van der Waals surface area contributed by atoms with Gasteiger partial charge in [-0.2, -0.15) is 0 Å². The van der Waals surface area contributed by atoms with E-state index in [0.29, 0.717) is 12.3 Å². The molecule has 0 amide bonds. The predicted molar refractivity (Wildman–Crippen MR) is 105 cm³/mol. The zero-order chi connectivity index (χ0) is 17.9. The molecule has 5 heteroatoms. The maximum atomic E-state index is 10.9. The van der Waals surface area contributed by atoms with Crippen LogP contribution < -0.4 is 4.90 Å². The maximum Gasteiger partial charge on any atom is 0.303 e. The maximum absolute atomic E-state index is 10.9. The molecule has 2 aliphatic rings. The minimum atomic E-state index is -0.664. The average Bonchev–Trinajstić information content (AvgIpc) is 2.66. The Labute approximate surface area is 158 Å². The molecule has 4 nitrogen and oxygen atoms in total. The molecule has 0 unspecified atom stereocenters. The summed E-state index contributed by atoms with van der Waals surface area (Å²) >= 11 is 1.84. The molecular formula is C21H24N2O2S. The van der Waals surface area contributed by atoms with E-state index >= 15 is 0 Å². The molecule has 2 aromatic rings. The topological polar surface area (TPSA) is 43.8 Å². The minimum absolute atomic E-state index is 0.317. The van der Waals surface area contributed by atoms with Gasteiger partial charge in [-0.3, -0.25) is 4.79 Å². The van der Waals surface area contributed by atoms with Gasteiger partial charge in [-0.15, -0.1) is 0 Å². The number of carbonyl (C=O) groups is 1. The van der Waals surface area contributed by atoms with Gasteiger partial charge in [0.25, 0.3) is 0 Å². The molecule has 0 spiro atoms. The van der Waals surface area contributed by atoms with Crippen LogP contribution in [-0.4, -0.2) is 42.2 Å². The third-order valence-corrected chi connectivity index (χ3v) is 6.47. The van der Waals surface area contributed by atoms with Crippen LogP contribution in [0.5, 0.6) is 0 Å². The fourth-order valence-corrected chi connectivity index (χ4v) is 5.02. The molecule has 2 aliphatic heterocycles. The van der Waals surface area contributed by atoms with Crippen molar-refractivity contribution in [2.45, 2.75) is 29.1 Å². The monoisotopic (exact) mass is 368 g/mol. The van der Waals surface area contributed by atoms with E-state index in [-0.39, 0.29) is 0 Å². The van der Waals surface area contributed by atoms with Crippen molar-refractivity contribution < 1.29 is 9.90 Å². The number of hydrogen-bond donors (Lipinski definition) is 1. The summed E-state index contributed by atoms with van der Waals surface area (Å²) in [5, 5.41) is 8.97. The van der Waals surface area contributed by atoms with Crippen molar-refractivity contribution in [3.8, 4) is 0 Å². The van der Waals surface area contributed by atoms with Crippen molar-refractivity contribution in [1.82, 2.24) is 4.90 Å². The zero-order valence-electron chi connectivity index (χ0n) is 14.8. The smallest absolute Gasteiger partial charge is 0.303 e. The number of hydrogen-bond acceptors (Lipinski definition) is 4. The molecule has 26 heavy (non-hydrogen) atoms. The SMILES string of the molecule is O=C(O)CC1CCN(CCN2c3ccccc3Sc3ccccc32)CC1. The van der Waals surface area contributed by atoms with Gasteiger partial charge in [0.1, 0.15) is 0 Å². The first kappa shape index (κ1) is 17.4.